The first-order valence-corrected chi connectivity index (χ1v) is 9.66. The first-order valence-electron chi connectivity index (χ1n) is 9.13. The number of halogens is 2. The number of aryl methyl sites for hydroxylation is 2. The molecule has 3 rings (SSSR count). The summed E-state index contributed by atoms with van der Waals surface area (Å²) in [6.07, 6.45) is 3.45. The van der Waals surface area contributed by atoms with Crippen LogP contribution in [0.25, 0.3) is 11.0 Å². The summed E-state index contributed by atoms with van der Waals surface area (Å²) in [6, 6.07) is 12.4. The van der Waals surface area contributed by atoms with Gasteiger partial charge in [-0.05, 0) is 55.0 Å². The maximum absolute atomic E-state index is 13.1. The summed E-state index contributed by atoms with van der Waals surface area (Å²) in [5, 5.41) is 4.10. The van der Waals surface area contributed by atoms with E-state index in [0.717, 1.165) is 29.4 Å². The van der Waals surface area contributed by atoms with Crippen molar-refractivity contribution in [1.82, 2.24) is 15.3 Å². The number of nitrogens with one attached hydrogen (secondary N) is 1. The first-order chi connectivity index (χ1) is 13.2. The quantitative estimate of drug-likeness (QED) is 0.549. The number of carbonyl (C=O) groups excluding carboxylic acids is 1. The number of aromatic nitrogens is 2. The van der Waals surface area contributed by atoms with Crippen LogP contribution < -0.4 is 5.32 Å². The van der Waals surface area contributed by atoms with E-state index in [1.807, 2.05) is 18.2 Å². The smallest absolute Gasteiger partial charge is 0.241 e. The van der Waals surface area contributed by atoms with Gasteiger partial charge in [0.2, 0.25) is 5.91 Å². The van der Waals surface area contributed by atoms with Crippen molar-refractivity contribution in [3.8, 4) is 0 Å². The number of alkyl halides is 1. The average molecular weight is 387 g/mol. The molecule has 1 heterocycles. The number of amides is 1. The van der Waals surface area contributed by atoms with E-state index in [2.05, 4.69) is 21.4 Å². The van der Waals surface area contributed by atoms with Crippen LogP contribution in [0, 0.1) is 5.82 Å². The monoisotopic (exact) mass is 386 g/mol. The van der Waals surface area contributed by atoms with Crippen molar-refractivity contribution in [2.75, 3.05) is 5.88 Å². The standard InChI is InChI=1S/C21H22ClFN3O/c22-12-4-8-16-7-3-10-18-21(16)26-19(25-18)14-24-20(27)11-2-6-15-5-1-9-17(23)13-15/h1,3,5,7,9-10,13H,2,4,6,8,11-12,14H2,(H,25,26). The Morgan fingerprint density at radius 2 is 2.00 bits per heavy atom. The maximum atomic E-state index is 13.1. The van der Waals surface area contributed by atoms with Crippen molar-refractivity contribution >= 4 is 28.5 Å². The Labute approximate surface area is 163 Å². The van der Waals surface area contributed by atoms with E-state index >= 15 is 0 Å². The van der Waals surface area contributed by atoms with Crippen LogP contribution in [0.4, 0.5) is 4.39 Å². The maximum Gasteiger partial charge on any atom is 0.241 e. The largest absolute Gasteiger partial charge is 0.340 e. The number of H-pyrrole nitrogens is 1. The number of nitrogens with zero attached hydrogens (tertiary/aromatic N) is 2. The van der Waals surface area contributed by atoms with Crippen molar-refractivity contribution in [2.24, 2.45) is 0 Å². The second-order valence-electron chi connectivity index (χ2n) is 6.48. The van der Waals surface area contributed by atoms with Gasteiger partial charge in [-0.15, -0.1) is 11.6 Å². The summed E-state index contributed by atoms with van der Waals surface area (Å²) in [6.45, 7) is 0.239. The van der Waals surface area contributed by atoms with E-state index in [1.54, 1.807) is 6.07 Å². The second kappa shape index (κ2) is 9.51. The molecule has 4 nitrogen and oxygen atoms in total. The number of imidazole rings is 1. The summed E-state index contributed by atoms with van der Waals surface area (Å²) in [5.41, 5.74) is 3.94. The highest BCUT2D eigenvalue weighted by molar-refractivity contribution is 6.17. The summed E-state index contributed by atoms with van der Waals surface area (Å²) < 4.78 is 13.1. The third kappa shape index (κ3) is 5.54. The van der Waals surface area contributed by atoms with Gasteiger partial charge in [0, 0.05) is 12.3 Å². The lowest BCUT2D eigenvalue weighted by Crippen LogP contribution is -2.15. The molecule has 0 unspecified atom stereocenters. The molecule has 1 radical (unpaired) electrons. The van der Waals surface area contributed by atoms with Gasteiger partial charge in [0.15, 0.2) is 0 Å². The Hall–Kier alpha value is -2.40. The fraction of sp³-hybridized carbons (Fsp3) is 0.333. The number of carbonyl (C=O) groups is 1. The van der Waals surface area contributed by atoms with Crippen molar-refractivity contribution < 1.29 is 9.18 Å². The van der Waals surface area contributed by atoms with Gasteiger partial charge in [0.1, 0.15) is 18.2 Å². The molecule has 0 saturated carbocycles. The molecule has 3 aromatic rings. The molecule has 1 amide bonds. The topological polar surface area (TPSA) is 59.9 Å². The van der Waals surface area contributed by atoms with Crippen LogP contribution in [-0.4, -0.2) is 21.8 Å². The Morgan fingerprint density at radius 1 is 1.15 bits per heavy atom. The van der Waals surface area contributed by atoms with Crippen LogP contribution in [0.3, 0.4) is 0 Å². The molecule has 0 fully saturated rings. The summed E-state index contributed by atoms with van der Waals surface area (Å²) in [5.74, 6) is 0.895. The Bertz CT molecular complexity index is 909. The van der Waals surface area contributed by atoms with Gasteiger partial charge in [-0.1, -0.05) is 24.3 Å². The molecule has 0 aliphatic heterocycles. The predicted octanol–water partition coefficient (Wildman–Crippen LogP) is 4.53. The van der Waals surface area contributed by atoms with Gasteiger partial charge in [0.05, 0.1) is 11.0 Å². The highest BCUT2D eigenvalue weighted by atomic mass is 35.5. The average Bonchev–Trinajstić information content (AvgIpc) is 3.08. The van der Waals surface area contributed by atoms with Crippen LogP contribution in [0.15, 0.2) is 42.5 Å². The molecule has 0 aliphatic carbocycles. The van der Waals surface area contributed by atoms with Gasteiger partial charge in [0.25, 0.3) is 0 Å². The van der Waals surface area contributed by atoms with Gasteiger partial charge in [-0.2, -0.15) is 0 Å². The highest BCUT2D eigenvalue weighted by Crippen LogP contribution is 2.18. The van der Waals surface area contributed by atoms with Crippen LogP contribution in [0.2, 0.25) is 0 Å². The van der Waals surface area contributed by atoms with E-state index in [1.165, 1.54) is 17.7 Å². The molecule has 27 heavy (non-hydrogen) atoms. The number of benzene rings is 2. The fourth-order valence-corrected chi connectivity index (χ4v) is 3.19. The number of rotatable bonds is 9. The SMILES string of the molecule is O=C(CCCc1cccc(F)c1)[N]Cc1nc2cccc(CCCCl)c2[nH]1. The minimum Gasteiger partial charge on any atom is -0.340 e. The Morgan fingerprint density at radius 3 is 2.81 bits per heavy atom. The predicted molar refractivity (Wildman–Crippen MR) is 105 cm³/mol. The zero-order chi connectivity index (χ0) is 19.1. The van der Waals surface area contributed by atoms with Gasteiger partial charge < -0.3 is 4.98 Å². The van der Waals surface area contributed by atoms with Crippen molar-refractivity contribution in [2.45, 2.75) is 38.6 Å². The minimum atomic E-state index is -0.251. The summed E-state index contributed by atoms with van der Waals surface area (Å²) in [7, 11) is 0. The second-order valence-corrected chi connectivity index (χ2v) is 6.86. The van der Waals surface area contributed by atoms with E-state index in [0.29, 0.717) is 31.0 Å². The van der Waals surface area contributed by atoms with Crippen LogP contribution in [0.5, 0.6) is 0 Å². The van der Waals surface area contributed by atoms with Gasteiger partial charge in [-0.25, -0.2) is 14.7 Å². The summed E-state index contributed by atoms with van der Waals surface area (Å²) in [4.78, 5) is 19.8. The molecular weight excluding hydrogens is 365 g/mol. The molecular formula is C21H22ClFN3O. The highest BCUT2D eigenvalue weighted by Gasteiger charge is 2.09. The van der Waals surface area contributed by atoms with Gasteiger partial charge in [-0.3, -0.25) is 4.79 Å². The number of fused-ring (bicyclic) bond motifs is 1. The van der Waals surface area contributed by atoms with Crippen LogP contribution >= 0.6 is 11.6 Å². The van der Waals surface area contributed by atoms with E-state index < -0.39 is 0 Å². The number of hydrogen-bond acceptors (Lipinski definition) is 2. The van der Waals surface area contributed by atoms with E-state index in [-0.39, 0.29) is 18.3 Å². The first kappa shape index (κ1) is 19.4. The third-order valence-electron chi connectivity index (χ3n) is 4.38. The number of para-hydroxylation sites is 1. The number of aromatic amines is 1. The molecule has 2 aromatic carbocycles. The molecule has 0 atom stereocenters. The Kier molecular flexibility index (Phi) is 6.82. The fourth-order valence-electron chi connectivity index (χ4n) is 3.06. The van der Waals surface area contributed by atoms with Crippen LogP contribution in [-0.2, 0) is 24.2 Å². The molecule has 0 spiro atoms. The molecule has 0 saturated heterocycles. The minimum absolute atomic E-state index is 0.158. The van der Waals surface area contributed by atoms with E-state index in [4.69, 9.17) is 11.6 Å². The summed E-state index contributed by atoms with van der Waals surface area (Å²) >= 11 is 5.78. The zero-order valence-electron chi connectivity index (χ0n) is 15.0. The van der Waals surface area contributed by atoms with Crippen molar-refractivity contribution in [3.05, 3.63) is 65.2 Å². The van der Waals surface area contributed by atoms with Crippen molar-refractivity contribution in [3.63, 3.8) is 0 Å². The van der Waals surface area contributed by atoms with Crippen LogP contribution in [0.1, 0.15) is 36.2 Å². The van der Waals surface area contributed by atoms with E-state index in [9.17, 15) is 9.18 Å². The Balaban J connectivity index is 1.49. The molecule has 0 bridgehead atoms. The third-order valence-corrected chi connectivity index (χ3v) is 4.65. The zero-order valence-corrected chi connectivity index (χ0v) is 15.8. The molecule has 1 N–H and O–H groups in total. The molecule has 1 aromatic heterocycles. The van der Waals surface area contributed by atoms with Gasteiger partial charge >= 0.3 is 0 Å². The van der Waals surface area contributed by atoms with Crippen molar-refractivity contribution in [1.29, 1.82) is 0 Å². The molecule has 141 valence electrons. The lowest BCUT2D eigenvalue weighted by molar-refractivity contribution is -0.121. The lowest BCUT2D eigenvalue weighted by Gasteiger charge is -2.02. The lowest BCUT2D eigenvalue weighted by atomic mass is 10.1. The normalized spacial score (nSPS) is 11.0. The molecule has 6 heteroatoms. The molecule has 0 aliphatic rings. The number of hydrogen-bond donors (Lipinski definition) is 1.